The van der Waals surface area contributed by atoms with E-state index in [0.29, 0.717) is 18.0 Å². The molecule has 0 saturated carbocycles. The number of benzene rings is 2. The van der Waals surface area contributed by atoms with Gasteiger partial charge >= 0.3 is 0 Å². The number of nitrogens with one attached hydrogen (secondary N) is 1. The van der Waals surface area contributed by atoms with E-state index in [1.807, 2.05) is 43.4 Å². The fourth-order valence-electron chi connectivity index (χ4n) is 3.37. The molecule has 0 spiro atoms. The monoisotopic (exact) mass is 348 g/mol. The minimum Gasteiger partial charge on any atom is -0.497 e. The summed E-state index contributed by atoms with van der Waals surface area (Å²) in [5.41, 5.74) is 3.10. The van der Waals surface area contributed by atoms with E-state index in [9.17, 15) is 0 Å². The Morgan fingerprint density at radius 1 is 1.31 bits per heavy atom. The minimum absolute atomic E-state index is 0.501. The Kier molecular flexibility index (Phi) is 5.75. The summed E-state index contributed by atoms with van der Waals surface area (Å²) in [6.45, 7) is 2.59. The molecule has 0 aromatic heterocycles. The third-order valence-corrected chi connectivity index (χ3v) is 4.79. The van der Waals surface area contributed by atoms with Crippen molar-refractivity contribution in [2.45, 2.75) is 18.9 Å². The summed E-state index contributed by atoms with van der Waals surface area (Å²) in [6, 6.07) is 18.2. The number of likely N-dealkylation sites (tertiary alicyclic amines) is 1. The van der Waals surface area contributed by atoms with Crippen molar-refractivity contribution in [3.63, 3.8) is 0 Å². The highest BCUT2D eigenvalue weighted by Gasteiger charge is 2.26. The first kappa shape index (κ1) is 17.8. The first-order valence-electron chi connectivity index (χ1n) is 8.82. The van der Waals surface area contributed by atoms with Crippen molar-refractivity contribution in [3.8, 4) is 11.8 Å². The second-order valence-electron chi connectivity index (χ2n) is 6.42. The van der Waals surface area contributed by atoms with Gasteiger partial charge in [0.15, 0.2) is 5.96 Å². The second-order valence-corrected chi connectivity index (χ2v) is 6.42. The number of methoxy groups -OCH3 is 1. The molecule has 5 nitrogen and oxygen atoms in total. The number of ether oxygens (including phenoxy) is 1. The van der Waals surface area contributed by atoms with Gasteiger partial charge in [-0.25, -0.2) is 0 Å². The molecule has 1 saturated heterocycles. The Morgan fingerprint density at radius 2 is 2.12 bits per heavy atom. The molecule has 2 aromatic carbocycles. The quantitative estimate of drug-likeness (QED) is 0.681. The van der Waals surface area contributed by atoms with Crippen molar-refractivity contribution in [1.82, 2.24) is 10.2 Å². The largest absolute Gasteiger partial charge is 0.497 e. The molecule has 1 aliphatic rings. The van der Waals surface area contributed by atoms with E-state index in [4.69, 9.17) is 10.00 Å². The van der Waals surface area contributed by atoms with Crippen LogP contribution >= 0.6 is 0 Å². The third kappa shape index (κ3) is 4.15. The predicted octanol–water partition coefficient (Wildman–Crippen LogP) is 3.13. The average molecular weight is 348 g/mol. The molecular weight excluding hydrogens is 324 g/mol. The lowest BCUT2D eigenvalue weighted by Crippen LogP contribution is -2.39. The molecule has 1 unspecified atom stereocenters. The van der Waals surface area contributed by atoms with Crippen molar-refractivity contribution >= 4 is 5.96 Å². The molecular formula is C21H24N4O. The fourth-order valence-corrected chi connectivity index (χ4v) is 3.37. The number of hydrogen-bond acceptors (Lipinski definition) is 3. The predicted molar refractivity (Wildman–Crippen MR) is 103 cm³/mol. The average Bonchev–Trinajstić information content (AvgIpc) is 3.19. The molecule has 0 bridgehead atoms. The molecule has 5 heteroatoms. The van der Waals surface area contributed by atoms with Gasteiger partial charge in [-0.1, -0.05) is 24.3 Å². The van der Waals surface area contributed by atoms with Crippen LogP contribution in [0.3, 0.4) is 0 Å². The summed E-state index contributed by atoms with van der Waals surface area (Å²) >= 11 is 0. The van der Waals surface area contributed by atoms with E-state index >= 15 is 0 Å². The topological polar surface area (TPSA) is 60.7 Å². The highest BCUT2D eigenvalue weighted by Crippen LogP contribution is 2.28. The first-order valence-corrected chi connectivity index (χ1v) is 8.82. The highest BCUT2D eigenvalue weighted by atomic mass is 16.5. The Labute approximate surface area is 154 Å². The molecule has 0 radical (unpaired) electrons. The zero-order chi connectivity index (χ0) is 18.4. The molecule has 1 fully saturated rings. The van der Waals surface area contributed by atoms with Crippen LogP contribution in [0, 0.1) is 11.3 Å². The summed E-state index contributed by atoms with van der Waals surface area (Å²) in [4.78, 5) is 6.72. The lowest BCUT2D eigenvalue weighted by Gasteiger charge is -2.22. The maximum atomic E-state index is 9.02. The summed E-state index contributed by atoms with van der Waals surface area (Å²) in [5.74, 6) is 2.30. The van der Waals surface area contributed by atoms with Crippen LogP contribution in [0.5, 0.6) is 5.75 Å². The van der Waals surface area contributed by atoms with Gasteiger partial charge in [0.2, 0.25) is 0 Å². The summed E-state index contributed by atoms with van der Waals surface area (Å²) in [7, 11) is 3.50. The Morgan fingerprint density at radius 3 is 2.81 bits per heavy atom. The first-order chi connectivity index (χ1) is 12.7. The summed E-state index contributed by atoms with van der Waals surface area (Å²) < 4.78 is 5.24. The molecule has 1 N–H and O–H groups in total. The lowest BCUT2D eigenvalue weighted by atomic mass is 9.98. The number of guanidine groups is 1. The van der Waals surface area contributed by atoms with Crippen LogP contribution < -0.4 is 10.1 Å². The molecule has 26 heavy (non-hydrogen) atoms. The third-order valence-electron chi connectivity index (χ3n) is 4.79. The Balaban J connectivity index is 1.59. The van der Waals surface area contributed by atoms with Gasteiger partial charge < -0.3 is 15.0 Å². The second kappa shape index (κ2) is 8.39. The molecule has 3 rings (SSSR count). The molecule has 134 valence electrons. The zero-order valence-corrected chi connectivity index (χ0v) is 15.3. The standard InChI is InChI=1S/C21H24N4O/c1-23-21(24-14-17-5-3-4-16(12-17)13-22)25-11-10-19(15-25)18-6-8-20(26-2)9-7-18/h3-9,12,19H,10-11,14-15H2,1-2H3,(H,23,24). The van der Waals surface area contributed by atoms with Crippen LogP contribution in [0.1, 0.15) is 29.0 Å². The molecule has 0 amide bonds. The number of nitrogens with zero attached hydrogens (tertiary/aromatic N) is 3. The van der Waals surface area contributed by atoms with Gasteiger partial charge in [0.1, 0.15) is 5.75 Å². The van der Waals surface area contributed by atoms with Crippen LogP contribution in [0.25, 0.3) is 0 Å². The van der Waals surface area contributed by atoms with Crippen molar-refractivity contribution in [3.05, 3.63) is 65.2 Å². The maximum Gasteiger partial charge on any atom is 0.193 e. The molecule has 0 aliphatic carbocycles. The Hall–Kier alpha value is -3.00. The van der Waals surface area contributed by atoms with Crippen LogP contribution in [-0.4, -0.2) is 38.1 Å². The van der Waals surface area contributed by atoms with E-state index in [-0.39, 0.29) is 0 Å². The highest BCUT2D eigenvalue weighted by molar-refractivity contribution is 5.80. The fraction of sp³-hybridized carbons (Fsp3) is 0.333. The number of hydrogen-bond donors (Lipinski definition) is 1. The van der Waals surface area contributed by atoms with Crippen molar-refractivity contribution in [1.29, 1.82) is 5.26 Å². The van der Waals surface area contributed by atoms with Crippen molar-refractivity contribution < 1.29 is 4.74 Å². The lowest BCUT2D eigenvalue weighted by molar-refractivity contribution is 0.414. The van der Waals surface area contributed by atoms with Gasteiger partial charge in [-0.05, 0) is 41.8 Å². The molecule has 1 aliphatic heterocycles. The van der Waals surface area contributed by atoms with E-state index in [2.05, 4.69) is 33.4 Å². The van der Waals surface area contributed by atoms with Gasteiger partial charge in [0.05, 0.1) is 18.7 Å². The summed E-state index contributed by atoms with van der Waals surface area (Å²) in [5, 5.41) is 12.4. The van der Waals surface area contributed by atoms with E-state index in [1.54, 1.807) is 7.11 Å². The van der Waals surface area contributed by atoms with Gasteiger partial charge in [0, 0.05) is 32.6 Å². The van der Waals surface area contributed by atoms with E-state index < -0.39 is 0 Å². The smallest absolute Gasteiger partial charge is 0.193 e. The van der Waals surface area contributed by atoms with Gasteiger partial charge in [-0.15, -0.1) is 0 Å². The number of rotatable bonds is 4. The van der Waals surface area contributed by atoms with Crippen molar-refractivity contribution in [2.75, 3.05) is 27.2 Å². The van der Waals surface area contributed by atoms with Gasteiger partial charge in [0.25, 0.3) is 0 Å². The van der Waals surface area contributed by atoms with Crippen LogP contribution in [0.15, 0.2) is 53.5 Å². The zero-order valence-electron chi connectivity index (χ0n) is 15.3. The van der Waals surface area contributed by atoms with E-state index in [1.165, 1.54) is 5.56 Å². The summed E-state index contributed by atoms with van der Waals surface area (Å²) in [6.07, 6.45) is 1.11. The van der Waals surface area contributed by atoms with Gasteiger partial charge in [-0.3, -0.25) is 4.99 Å². The van der Waals surface area contributed by atoms with Crippen LogP contribution in [-0.2, 0) is 6.54 Å². The van der Waals surface area contributed by atoms with Crippen LogP contribution in [0.4, 0.5) is 0 Å². The normalized spacial score (nSPS) is 17.0. The van der Waals surface area contributed by atoms with Crippen LogP contribution in [0.2, 0.25) is 0 Å². The Bertz CT molecular complexity index is 808. The maximum absolute atomic E-state index is 9.02. The SMILES string of the molecule is CN=C(NCc1cccc(C#N)c1)N1CCC(c2ccc(OC)cc2)C1. The minimum atomic E-state index is 0.501. The molecule has 1 heterocycles. The number of nitriles is 1. The molecule has 2 aromatic rings. The molecule has 1 atom stereocenters. The number of aliphatic imine (C=N–C) groups is 1. The van der Waals surface area contributed by atoms with Gasteiger partial charge in [-0.2, -0.15) is 5.26 Å². The van der Waals surface area contributed by atoms with E-state index in [0.717, 1.165) is 36.8 Å². The van der Waals surface area contributed by atoms with Crippen molar-refractivity contribution in [2.24, 2.45) is 4.99 Å².